The topological polar surface area (TPSA) is 23.6 Å². The molecule has 2 heterocycles. The van der Waals surface area contributed by atoms with Crippen LogP contribution in [0.2, 0.25) is 0 Å². The third-order valence-corrected chi connectivity index (χ3v) is 5.97. The number of hydrogen-bond donors (Lipinski definition) is 0. The van der Waals surface area contributed by atoms with Crippen LogP contribution < -0.4 is 0 Å². The highest BCUT2D eigenvalue weighted by Crippen LogP contribution is 2.35. The molecule has 0 unspecified atom stereocenters. The molecular weight excluding hydrogens is 272 g/mol. The van der Waals surface area contributed by atoms with Gasteiger partial charge in [0.2, 0.25) is 5.91 Å². The maximum Gasteiger partial charge on any atom is 0.222 e. The van der Waals surface area contributed by atoms with Crippen LogP contribution in [0.25, 0.3) is 0 Å². The predicted octanol–water partition coefficient (Wildman–Crippen LogP) is 3.68. The van der Waals surface area contributed by atoms with E-state index in [-0.39, 0.29) is 0 Å². The maximum atomic E-state index is 12.4. The first-order valence-electron chi connectivity index (χ1n) is 9.79. The van der Waals surface area contributed by atoms with E-state index >= 15 is 0 Å². The van der Waals surface area contributed by atoms with Gasteiger partial charge < -0.3 is 4.90 Å². The smallest absolute Gasteiger partial charge is 0.222 e. The summed E-state index contributed by atoms with van der Waals surface area (Å²) in [5.41, 5.74) is 0. The van der Waals surface area contributed by atoms with Crippen LogP contribution >= 0.6 is 0 Å². The van der Waals surface area contributed by atoms with Crippen LogP contribution in [0.15, 0.2) is 0 Å². The number of hydrogen-bond acceptors (Lipinski definition) is 2. The van der Waals surface area contributed by atoms with Gasteiger partial charge in [-0.05, 0) is 56.9 Å². The molecule has 0 bridgehead atoms. The van der Waals surface area contributed by atoms with Gasteiger partial charge in [-0.15, -0.1) is 0 Å². The molecule has 3 nitrogen and oxygen atoms in total. The third kappa shape index (κ3) is 4.24. The zero-order chi connectivity index (χ0) is 15.4. The molecule has 126 valence electrons. The van der Waals surface area contributed by atoms with Gasteiger partial charge in [-0.25, -0.2) is 0 Å². The number of amides is 1. The van der Waals surface area contributed by atoms with E-state index in [9.17, 15) is 4.79 Å². The minimum absolute atomic E-state index is 0.421. The van der Waals surface area contributed by atoms with E-state index < -0.39 is 0 Å². The molecule has 3 rings (SSSR count). The fourth-order valence-corrected chi connectivity index (χ4v) is 4.44. The first kappa shape index (κ1) is 16.3. The van der Waals surface area contributed by atoms with Crippen LogP contribution in [0.1, 0.15) is 71.1 Å². The Balaban J connectivity index is 1.53. The second kappa shape index (κ2) is 7.81. The average molecular weight is 306 g/mol. The maximum absolute atomic E-state index is 12.4. The molecule has 3 aliphatic rings. The van der Waals surface area contributed by atoms with Crippen molar-refractivity contribution < 1.29 is 4.79 Å². The van der Waals surface area contributed by atoms with Crippen LogP contribution in [0.5, 0.6) is 0 Å². The normalized spacial score (nSPS) is 30.0. The van der Waals surface area contributed by atoms with E-state index in [1.54, 1.807) is 0 Å². The number of carbonyl (C=O) groups excluding carboxylic acids is 1. The van der Waals surface area contributed by atoms with Crippen molar-refractivity contribution in [2.45, 2.75) is 77.2 Å². The molecule has 0 aromatic carbocycles. The summed E-state index contributed by atoms with van der Waals surface area (Å²) < 4.78 is 0. The van der Waals surface area contributed by atoms with Crippen LogP contribution in [0.4, 0.5) is 0 Å². The lowest BCUT2D eigenvalue weighted by molar-refractivity contribution is -0.134. The van der Waals surface area contributed by atoms with Gasteiger partial charge in [0.1, 0.15) is 0 Å². The zero-order valence-corrected chi connectivity index (χ0v) is 14.4. The van der Waals surface area contributed by atoms with Gasteiger partial charge in [0.05, 0.1) is 0 Å². The molecule has 0 aromatic rings. The second-order valence-electron chi connectivity index (χ2n) is 7.85. The highest BCUT2D eigenvalue weighted by Gasteiger charge is 2.37. The van der Waals surface area contributed by atoms with Crippen molar-refractivity contribution in [1.29, 1.82) is 0 Å². The summed E-state index contributed by atoms with van der Waals surface area (Å²) in [5, 5.41) is 0. The number of nitrogens with zero attached hydrogens (tertiary/aromatic N) is 2. The van der Waals surface area contributed by atoms with Crippen molar-refractivity contribution in [3.8, 4) is 0 Å². The van der Waals surface area contributed by atoms with Crippen molar-refractivity contribution in [2.75, 3.05) is 26.2 Å². The molecule has 3 heteroatoms. The molecule has 22 heavy (non-hydrogen) atoms. The fraction of sp³-hybridized carbons (Fsp3) is 0.947. The van der Waals surface area contributed by atoms with Crippen molar-refractivity contribution >= 4 is 5.91 Å². The molecular formula is C19H34N2O. The molecule has 3 fully saturated rings. The van der Waals surface area contributed by atoms with Crippen LogP contribution in [-0.4, -0.2) is 47.9 Å². The highest BCUT2D eigenvalue weighted by molar-refractivity contribution is 5.76. The third-order valence-electron chi connectivity index (χ3n) is 5.97. The fourth-order valence-electron chi connectivity index (χ4n) is 4.44. The largest absolute Gasteiger partial charge is 0.342 e. The lowest BCUT2D eigenvalue weighted by atomic mass is 9.88. The number of unbranched alkanes of at least 4 members (excludes halogenated alkanes) is 2. The number of rotatable bonds is 6. The summed E-state index contributed by atoms with van der Waals surface area (Å²) in [6.45, 7) is 6.90. The van der Waals surface area contributed by atoms with E-state index in [1.807, 2.05) is 0 Å². The number of likely N-dealkylation sites (tertiary alicyclic amines) is 2. The Morgan fingerprint density at radius 2 is 1.91 bits per heavy atom. The molecule has 0 N–H and O–H groups in total. The number of fused-ring (bicyclic) bond motifs is 1. The summed E-state index contributed by atoms with van der Waals surface area (Å²) >= 11 is 0. The molecule has 0 spiro atoms. The Kier molecular flexibility index (Phi) is 5.78. The summed E-state index contributed by atoms with van der Waals surface area (Å²) in [7, 11) is 0. The van der Waals surface area contributed by atoms with E-state index in [2.05, 4.69) is 16.7 Å². The Morgan fingerprint density at radius 1 is 1.05 bits per heavy atom. The molecule has 0 aromatic heterocycles. The van der Waals surface area contributed by atoms with E-state index in [0.717, 1.165) is 43.8 Å². The summed E-state index contributed by atoms with van der Waals surface area (Å²) in [5.74, 6) is 2.16. The van der Waals surface area contributed by atoms with Gasteiger partial charge >= 0.3 is 0 Å². The lowest BCUT2D eigenvalue weighted by Gasteiger charge is -2.43. The first-order valence-corrected chi connectivity index (χ1v) is 9.79. The van der Waals surface area contributed by atoms with Crippen molar-refractivity contribution in [3.63, 3.8) is 0 Å². The molecule has 1 amide bonds. The minimum atomic E-state index is 0.421. The van der Waals surface area contributed by atoms with Crippen molar-refractivity contribution in [2.24, 2.45) is 11.8 Å². The van der Waals surface area contributed by atoms with E-state index in [0.29, 0.717) is 5.91 Å². The van der Waals surface area contributed by atoms with E-state index in [1.165, 1.54) is 64.5 Å². The first-order chi connectivity index (χ1) is 10.8. The van der Waals surface area contributed by atoms with Gasteiger partial charge in [0.15, 0.2) is 0 Å². The number of piperidine rings is 1. The minimum Gasteiger partial charge on any atom is -0.342 e. The molecule has 0 radical (unpaired) electrons. The Morgan fingerprint density at radius 3 is 2.68 bits per heavy atom. The molecule has 1 saturated carbocycles. The summed E-state index contributed by atoms with van der Waals surface area (Å²) in [6.07, 6.45) is 12.4. The molecule has 2 aliphatic heterocycles. The molecule has 2 atom stereocenters. The Labute approximate surface area is 136 Å². The zero-order valence-electron chi connectivity index (χ0n) is 14.4. The number of carbonyl (C=O) groups is 1. The molecule has 2 saturated heterocycles. The Bertz CT molecular complexity index is 366. The van der Waals surface area contributed by atoms with Gasteiger partial charge in [-0.2, -0.15) is 0 Å². The standard InChI is InChI=1S/C19H34N2O/c1-2-3-4-8-19(22)21-13-11-18-17(15-21)7-5-6-12-20(18)14-16-9-10-16/h16-18H,2-15H2,1H3/t17-,18+/m0/s1. The monoisotopic (exact) mass is 306 g/mol. The van der Waals surface area contributed by atoms with Crippen molar-refractivity contribution in [1.82, 2.24) is 9.80 Å². The van der Waals surface area contributed by atoms with Gasteiger partial charge in [-0.3, -0.25) is 9.69 Å². The summed E-state index contributed by atoms with van der Waals surface area (Å²) in [4.78, 5) is 17.4. The van der Waals surface area contributed by atoms with E-state index in [4.69, 9.17) is 0 Å². The van der Waals surface area contributed by atoms with Gasteiger partial charge in [-0.1, -0.05) is 26.2 Å². The van der Waals surface area contributed by atoms with Gasteiger partial charge in [0, 0.05) is 32.1 Å². The summed E-state index contributed by atoms with van der Waals surface area (Å²) in [6, 6.07) is 0.766. The van der Waals surface area contributed by atoms with Crippen molar-refractivity contribution in [3.05, 3.63) is 0 Å². The van der Waals surface area contributed by atoms with Gasteiger partial charge in [0.25, 0.3) is 0 Å². The quantitative estimate of drug-likeness (QED) is 0.699. The second-order valence-corrected chi connectivity index (χ2v) is 7.85. The predicted molar refractivity (Wildman–Crippen MR) is 90.8 cm³/mol. The van der Waals surface area contributed by atoms with Crippen LogP contribution in [0, 0.1) is 11.8 Å². The highest BCUT2D eigenvalue weighted by atomic mass is 16.2. The Hall–Kier alpha value is -0.570. The van der Waals surface area contributed by atoms with Crippen LogP contribution in [-0.2, 0) is 4.79 Å². The molecule has 1 aliphatic carbocycles. The lowest BCUT2D eigenvalue weighted by Crippen LogP contribution is -2.52. The van der Waals surface area contributed by atoms with Crippen LogP contribution in [0.3, 0.4) is 0 Å². The SMILES string of the molecule is CCCCCC(=O)N1CC[C@@H]2[C@@H](CCCCN2CC2CC2)C1. The average Bonchev–Trinajstić information content (AvgIpc) is 3.35.